The van der Waals surface area contributed by atoms with Crippen molar-refractivity contribution >= 4 is 11.9 Å². The van der Waals surface area contributed by atoms with Gasteiger partial charge in [-0.15, -0.1) is 0 Å². The lowest BCUT2D eigenvalue weighted by molar-refractivity contribution is -0.187. The molecular formula is C24H40O6. The Morgan fingerprint density at radius 2 is 1.40 bits per heavy atom. The summed E-state index contributed by atoms with van der Waals surface area (Å²) in [5, 5.41) is 18.1. The predicted octanol–water partition coefficient (Wildman–Crippen LogP) is 3.47. The molecule has 6 nitrogen and oxygen atoms in total. The number of aliphatic hydroxyl groups is 2. The van der Waals surface area contributed by atoms with E-state index in [0.29, 0.717) is 17.8 Å². The first kappa shape index (κ1) is 23.5. The number of carbonyl (C=O) groups is 2. The van der Waals surface area contributed by atoms with Gasteiger partial charge in [-0.2, -0.15) is 0 Å². The molecule has 0 amide bonds. The van der Waals surface area contributed by atoms with Crippen molar-refractivity contribution in [2.24, 2.45) is 34.5 Å². The predicted molar refractivity (Wildman–Crippen MR) is 112 cm³/mol. The lowest BCUT2D eigenvalue weighted by Gasteiger charge is -2.62. The van der Waals surface area contributed by atoms with Crippen molar-refractivity contribution < 1.29 is 29.3 Å². The van der Waals surface area contributed by atoms with Crippen LogP contribution < -0.4 is 0 Å². The Kier molecular flexibility index (Phi) is 6.88. The zero-order valence-electron chi connectivity index (χ0n) is 19.2. The number of ether oxygens (including phenoxy) is 2. The fourth-order valence-electron chi connectivity index (χ4n) is 7.95. The number of carbonyl (C=O) groups excluding carboxylic acids is 2. The van der Waals surface area contributed by atoms with Crippen LogP contribution in [0.3, 0.4) is 0 Å². The van der Waals surface area contributed by atoms with Crippen LogP contribution in [0.25, 0.3) is 0 Å². The van der Waals surface area contributed by atoms with Crippen molar-refractivity contribution in [2.45, 2.75) is 97.4 Å². The number of hydrogen-bond donors (Lipinski definition) is 2. The molecule has 0 heterocycles. The van der Waals surface area contributed by atoms with Crippen molar-refractivity contribution in [3.8, 4) is 0 Å². The Bertz CT molecular complexity index is 650. The summed E-state index contributed by atoms with van der Waals surface area (Å²) >= 11 is 0. The monoisotopic (exact) mass is 424 g/mol. The van der Waals surface area contributed by atoms with E-state index < -0.39 is 0 Å². The maximum atomic E-state index is 11.6. The first-order valence-corrected chi connectivity index (χ1v) is 11.6. The molecule has 0 aromatic rings. The van der Waals surface area contributed by atoms with Gasteiger partial charge in [0.05, 0.1) is 6.10 Å². The Balaban J connectivity index is 0.00000124. The maximum absolute atomic E-state index is 11.6. The quantitative estimate of drug-likeness (QED) is 0.660. The van der Waals surface area contributed by atoms with Crippen LogP contribution in [0.2, 0.25) is 0 Å². The van der Waals surface area contributed by atoms with Gasteiger partial charge in [0, 0.05) is 26.4 Å². The van der Waals surface area contributed by atoms with E-state index in [1.54, 1.807) is 0 Å². The number of aliphatic hydroxyl groups excluding tert-OH is 2. The Labute approximate surface area is 180 Å². The highest BCUT2D eigenvalue weighted by molar-refractivity contribution is 5.66. The van der Waals surface area contributed by atoms with Crippen molar-refractivity contribution in [3.05, 3.63) is 0 Å². The lowest BCUT2D eigenvalue weighted by atomic mass is 9.44. The first-order chi connectivity index (χ1) is 14.1. The van der Waals surface area contributed by atoms with Crippen LogP contribution in [0.15, 0.2) is 0 Å². The molecular weight excluding hydrogens is 384 g/mol. The smallest absolute Gasteiger partial charge is 0.302 e. The van der Waals surface area contributed by atoms with E-state index in [9.17, 15) is 14.7 Å². The average molecular weight is 425 g/mol. The Morgan fingerprint density at radius 3 is 2.03 bits per heavy atom. The summed E-state index contributed by atoms with van der Waals surface area (Å²) in [6.07, 6.45) is 7.49. The molecule has 4 aliphatic rings. The molecule has 4 fully saturated rings. The highest BCUT2D eigenvalue weighted by Gasteiger charge is 2.62. The van der Waals surface area contributed by atoms with Gasteiger partial charge in [-0.1, -0.05) is 13.8 Å². The Morgan fingerprint density at radius 1 is 0.800 bits per heavy atom. The molecule has 0 spiro atoms. The molecule has 4 saturated carbocycles. The highest BCUT2D eigenvalue weighted by Crippen LogP contribution is 2.66. The van der Waals surface area contributed by atoms with Gasteiger partial charge >= 0.3 is 11.9 Å². The summed E-state index contributed by atoms with van der Waals surface area (Å²) in [6.45, 7) is 7.68. The summed E-state index contributed by atoms with van der Waals surface area (Å²) in [4.78, 5) is 23.0. The first-order valence-electron chi connectivity index (χ1n) is 11.6. The van der Waals surface area contributed by atoms with Gasteiger partial charge in [-0.25, -0.2) is 0 Å². The minimum atomic E-state index is -0.334. The van der Waals surface area contributed by atoms with Crippen LogP contribution in [0, 0.1) is 34.5 Å². The second kappa shape index (κ2) is 8.78. The Hall–Kier alpha value is -1.14. The third-order valence-corrected chi connectivity index (χ3v) is 9.19. The largest absolute Gasteiger partial charge is 0.463 e. The molecule has 0 saturated heterocycles. The van der Waals surface area contributed by atoms with Gasteiger partial charge in [0.2, 0.25) is 0 Å². The summed E-state index contributed by atoms with van der Waals surface area (Å²) in [5.41, 5.74) is 0.157. The van der Waals surface area contributed by atoms with Crippen molar-refractivity contribution in [3.63, 3.8) is 0 Å². The molecule has 4 rings (SSSR count). The number of hydrogen-bond acceptors (Lipinski definition) is 6. The van der Waals surface area contributed by atoms with E-state index in [1.165, 1.54) is 13.8 Å². The fraction of sp³-hybridized carbons (Fsp3) is 0.917. The van der Waals surface area contributed by atoms with Gasteiger partial charge in [0.1, 0.15) is 12.2 Å². The molecule has 30 heavy (non-hydrogen) atoms. The summed E-state index contributed by atoms with van der Waals surface area (Å²) in [5.74, 6) is 1.45. The minimum absolute atomic E-state index is 0.0262. The lowest BCUT2D eigenvalue weighted by Crippen LogP contribution is -2.58. The molecule has 9 atom stereocenters. The van der Waals surface area contributed by atoms with Crippen LogP contribution >= 0.6 is 0 Å². The standard InChI is InChI=1S/C23H36O5.CH4O/c1-13(24)27-15-7-9-22(3)18-8-10-23(4)17(5-6-21(23)28-14(2)25)16(18)12-20(26)19(22)11-15;1-2/h15-21,26H,5-12H2,1-4H3;2H,1H3. The summed E-state index contributed by atoms with van der Waals surface area (Å²) in [6, 6.07) is 0. The molecule has 0 bridgehead atoms. The normalized spacial score (nSPS) is 47.0. The molecule has 0 aliphatic heterocycles. The molecule has 6 heteroatoms. The summed E-state index contributed by atoms with van der Waals surface area (Å²) in [7, 11) is 1.00. The van der Waals surface area contributed by atoms with Crippen LogP contribution in [0.4, 0.5) is 0 Å². The molecule has 2 N–H and O–H groups in total. The fourth-order valence-corrected chi connectivity index (χ4v) is 7.95. The van der Waals surface area contributed by atoms with E-state index in [0.717, 1.165) is 58.5 Å². The second-order valence-corrected chi connectivity index (χ2v) is 10.5. The van der Waals surface area contributed by atoms with E-state index in [4.69, 9.17) is 14.6 Å². The van der Waals surface area contributed by atoms with E-state index in [2.05, 4.69) is 13.8 Å². The van der Waals surface area contributed by atoms with E-state index in [-0.39, 0.29) is 47.0 Å². The zero-order valence-corrected chi connectivity index (χ0v) is 19.2. The van der Waals surface area contributed by atoms with Gasteiger partial charge < -0.3 is 19.7 Å². The number of rotatable bonds is 2. The SMILES string of the molecule is CC(=O)OC1CCC2(C)C(C1)C(O)CC1C3CCC(OC(C)=O)C3(C)CCC12.CO. The minimum Gasteiger partial charge on any atom is -0.463 e. The average Bonchev–Trinajstić information content (AvgIpc) is 3.00. The molecule has 4 aliphatic carbocycles. The number of esters is 2. The molecule has 9 unspecified atom stereocenters. The van der Waals surface area contributed by atoms with Crippen LogP contribution in [-0.2, 0) is 19.1 Å². The number of fused-ring (bicyclic) bond motifs is 5. The highest BCUT2D eigenvalue weighted by atomic mass is 16.5. The topological polar surface area (TPSA) is 93.1 Å². The van der Waals surface area contributed by atoms with Gasteiger partial charge in [-0.05, 0) is 80.5 Å². The van der Waals surface area contributed by atoms with Gasteiger partial charge in [0.15, 0.2) is 0 Å². The van der Waals surface area contributed by atoms with E-state index in [1.807, 2.05) is 0 Å². The van der Waals surface area contributed by atoms with Crippen molar-refractivity contribution in [2.75, 3.05) is 7.11 Å². The molecule has 0 radical (unpaired) electrons. The van der Waals surface area contributed by atoms with E-state index >= 15 is 0 Å². The van der Waals surface area contributed by atoms with Crippen molar-refractivity contribution in [1.82, 2.24) is 0 Å². The van der Waals surface area contributed by atoms with Crippen LogP contribution in [-0.4, -0.2) is 47.6 Å². The third-order valence-electron chi connectivity index (χ3n) is 9.19. The van der Waals surface area contributed by atoms with Gasteiger partial charge in [0.25, 0.3) is 0 Å². The molecule has 172 valence electrons. The third kappa shape index (κ3) is 3.90. The molecule has 0 aromatic heterocycles. The molecule has 0 aromatic carbocycles. The second-order valence-electron chi connectivity index (χ2n) is 10.5. The summed E-state index contributed by atoms with van der Waals surface area (Å²) < 4.78 is 11.2. The van der Waals surface area contributed by atoms with Crippen molar-refractivity contribution in [1.29, 1.82) is 0 Å². The van der Waals surface area contributed by atoms with Gasteiger partial charge in [-0.3, -0.25) is 9.59 Å². The van der Waals surface area contributed by atoms with Crippen LogP contribution in [0.5, 0.6) is 0 Å². The van der Waals surface area contributed by atoms with Crippen LogP contribution in [0.1, 0.15) is 79.1 Å². The zero-order chi connectivity index (χ0) is 22.3. The maximum Gasteiger partial charge on any atom is 0.302 e.